The maximum atomic E-state index is 12.5. The average molecular weight is 443 g/mol. The minimum absolute atomic E-state index is 0.0503. The third-order valence-electron chi connectivity index (χ3n) is 3.51. The Kier molecular flexibility index (Phi) is 5.99. The van der Waals surface area contributed by atoms with Crippen LogP contribution < -0.4 is 4.72 Å². The molecule has 0 bridgehead atoms. The first-order chi connectivity index (χ1) is 9.42. The lowest BCUT2D eigenvalue weighted by Gasteiger charge is -2.28. The molecule has 20 heavy (non-hydrogen) atoms. The Balaban J connectivity index is 2.10. The van der Waals surface area contributed by atoms with E-state index in [-0.39, 0.29) is 6.04 Å². The Morgan fingerprint density at radius 3 is 2.45 bits per heavy atom. The van der Waals surface area contributed by atoms with Gasteiger partial charge in [0, 0.05) is 20.2 Å². The normalized spacial score (nSPS) is 23.8. The number of halogens is 2. The average Bonchev–Trinajstić information content (AvgIpc) is 2.42. The Bertz CT molecular complexity index is 570. The van der Waals surface area contributed by atoms with Crippen LogP contribution in [0.4, 0.5) is 0 Å². The first-order valence-electron chi connectivity index (χ1n) is 6.42. The van der Waals surface area contributed by atoms with Gasteiger partial charge in [-0.05, 0) is 66.1 Å². The summed E-state index contributed by atoms with van der Waals surface area (Å²) in [5, 5.41) is 0.674. The highest BCUT2D eigenvalue weighted by atomic mass is 79.9. The Morgan fingerprint density at radius 2 is 1.85 bits per heavy atom. The molecule has 0 atom stereocenters. The third kappa shape index (κ3) is 4.22. The summed E-state index contributed by atoms with van der Waals surface area (Å²) in [7, 11) is -3.47. The molecule has 1 aliphatic carbocycles. The zero-order chi connectivity index (χ0) is 14.8. The second-order valence-corrected chi connectivity index (χ2v) is 9.50. The highest BCUT2D eigenvalue weighted by Crippen LogP contribution is 2.29. The maximum absolute atomic E-state index is 12.5. The molecule has 0 radical (unpaired) electrons. The molecule has 0 spiro atoms. The number of sulfonamides is 1. The minimum atomic E-state index is -3.47. The number of nitrogens with one attached hydrogen (secondary N) is 1. The van der Waals surface area contributed by atoms with E-state index in [2.05, 4.69) is 42.8 Å². The number of benzene rings is 1. The standard InChI is InChI=1S/C13H17Br2NO2S2/c1-19-11-5-3-10(4-6-11)16-20(17,18)13-8-9(14)2-7-12(13)15/h2,7-8,10-11,16H,3-6H2,1H3. The summed E-state index contributed by atoms with van der Waals surface area (Å²) in [6.07, 6.45) is 6.10. The SMILES string of the molecule is CSC1CCC(NS(=O)(=O)c2cc(Br)ccc2Br)CC1. The molecule has 3 nitrogen and oxygen atoms in total. The largest absolute Gasteiger partial charge is 0.241 e. The molecule has 0 saturated heterocycles. The lowest BCUT2D eigenvalue weighted by atomic mass is 9.96. The molecule has 0 unspecified atom stereocenters. The molecule has 0 aliphatic heterocycles. The Labute approximate surface area is 141 Å². The van der Waals surface area contributed by atoms with Gasteiger partial charge in [0.15, 0.2) is 0 Å². The van der Waals surface area contributed by atoms with Crippen molar-refractivity contribution in [3.8, 4) is 0 Å². The fourth-order valence-corrected chi connectivity index (χ4v) is 5.93. The Hall–Kier alpha value is 0.440. The molecule has 0 heterocycles. The molecule has 1 saturated carbocycles. The van der Waals surface area contributed by atoms with Crippen LogP contribution in [-0.4, -0.2) is 26.0 Å². The van der Waals surface area contributed by atoms with E-state index in [1.165, 1.54) is 0 Å². The summed E-state index contributed by atoms with van der Waals surface area (Å²) in [4.78, 5) is 0.291. The van der Waals surface area contributed by atoms with Gasteiger partial charge in [-0.3, -0.25) is 0 Å². The van der Waals surface area contributed by atoms with Gasteiger partial charge in [0.2, 0.25) is 10.0 Å². The van der Waals surface area contributed by atoms with Gasteiger partial charge in [0.1, 0.15) is 0 Å². The smallest absolute Gasteiger partial charge is 0.208 e. The Morgan fingerprint density at radius 1 is 1.20 bits per heavy atom. The molecule has 112 valence electrons. The molecule has 1 aromatic carbocycles. The van der Waals surface area contributed by atoms with E-state index in [9.17, 15) is 8.42 Å². The van der Waals surface area contributed by atoms with E-state index in [0.29, 0.717) is 14.6 Å². The van der Waals surface area contributed by atoms with Crippen LogP contribution in [0.2, 0.25) is 0 Å². The molecule has 1 aromatic rings. The van der Waals surface area contributed by atoms with Gasteiger partial charge in [-0.15, -0.1) is 0 Å². The van der Waals surface area contributed by atoms with Gasteiger partial charge in [0.25, 0.3) is 0 Å². The summed E-state index contributed by atoms with van der Waals surface area (Å²) in [5.74, 6) is 0. The minimum Gasteiger partial charge on any atom is -0.208 e. The van der Waals surface area contributed by atoms with Crippen LogP contribution in [-0.2, 0) is 10.0 Å². The lowest BCUT2D eigenvalue weighted by molar-refractivity contribution is 0.420. The number of rotatable bonds is 4. The predicted molar refractivity (Wildman–Crippen MR) is 91.7 cm³/mol. The quantitative estimate of drug-likeness (QED) is 0.761. The van der Waals surface area contributed by atoms with E-state index in [1.54, 1.807) is 12.1 Å². The van der Waals surface area contributed by atoms with E-state index in [4.69, 9.17) is 0 Å². The van der Waals surface area contributed by atoms with Gasteiger partial charge in [-0.25, -0.2) is 13.1 Å². The van der Waals surface area contributed by atoms with E-state index >= 15 is 0 Å². The van der Waals surface area contributed by atoms with Crippen LogP contribution in [0.5, 0.6) is 0 Å². The van der Waals surface area contributed by atoms with Crippen molar-refractivity contribution in [1.82, 2.24) is 4.72 Å². The van der Waals surface area contributed by atoms with Gasteiger partial charge >= 0.3 is 0 Å². The lowest BCUT2D eigenvalue weighted by Crippen LogP contribution is -2.38. The third-order valence-corrected chi connectivity index (χ3v) is 7.66. The van der Waals surface area contributed by atoms with Gasteiger partial charge in [0.05, 0.1) is 4.90 Å². The van der Waals surface area contributed by atoms with Crippen molar-refractivity contribution in [2.45, 2.75) is 41.9 Å². The van der Waals surface area contributed by atoms with Gasteiger partial charge < -0.3 is 0 Å². The first-order valence-corrected chi connectivity index (χ1v) is 10.8. The summed E-state index contributed by atoms with van der Waals surface area (Å²) in [6, 6.07) is 5.23. The molecule has 2 rings (SSSR count). The molecule has 1 aliphatic rings. The van der Waals surface area contributed by atoms with Gasteiger partial charge in [-0.1, -0.05) is 15.9 Å². The van der Waals surface area contributed by atoms with Gasteiger partial charge in [-0.2, -0.15) is 11.8 Å². The molecule has 0 amide bonds. The van der Waals surface area contributed by atoms with Crippen LogP contribution >= 0.6 is 43.6 Å². The van der Waals surface area contributed by atoms with Crippen molar-refractivity contribution in [1.29, 1.82) is 0 Å². The maximum Gasteiger partial charge on any atom is 0.241 e. The summed E-state index contributed by atoms with van der Waals surface area (Å²) in [5.41, 5.74) is 0. The molecule has 7 heteroatoms. The zero-order valence-corrected chi connectivity index (χ0v) is 15.9. The van der Waals surface area contributed by atoms with Crippen molar-refractivity contribution in [3.05, 3.63) is 27.1 Å². The van der Waals surface area contributed by atoms with Crippen LogP contribution in [0, 0.1) is 0 Å². The summed E-state index contributed by atoms with van der Waals surface area (Å²) in [6.45, 7) is 0. The van der Waals surface area contributed by atoms with Crippen molar-refractivity contribution < 1.29 is 8.42 Å². The molecular formula is C13H17Br2NO2S2. The number of hydrogen-bond donors (Lipinski definition) is 1. The topological polar surface area (TPSA) is 46.2 Å². The second-order valence-electron chi connectivity index (χ2n) is 4.91. The molecule has 1 fully saturated rings. The predicted octanol–water partition coefficient (Wildman–Crippen LogP) is 4.16. The van der Waals surface area contributed by atoms with Crippen LogP contribution in [0.15, 0.2) is 32.0 Å². The highest BCUT2D eigenvalue weighted by molar-refractivity contribution is 9.11. The fraction of sp³-hybridized carbons (Fsp3) is 0.538. The van der Waals surface area contributed by atoms with E-state index in [0.717, 1.165) is 30.2 Å². The summed E-state index contributed by atoms with van der Waals surface area (Å²) >= 11 is 8.50. The number of thioether (sulfide) groups is 1. The zero-order valence-electron chi connectivity index (χ0n) is 11.1. The van der Waals surface area contributed by atoms with Crippen molar-refractivity contribution in [2.24, 2.45) is 0 Å². The highest BCUT2D eigenvalue weighted by Gasteiger charge is 2.26. The van der Waals surface area contributed by atoms with Crippen molar-refractivity contribution >= 4 is 53.6 Å². The second kappa shape index (κ2) is 7.13. The van der Waals surface area contributed by atoms with Crippen molar-refractivity contribution in [2.75, 3.05) is 6.26 Å². The van der Waals surface area contributed by atoms with Crippen LogP contribution in [0.3, 0.4) is 0 Å². The molecular weight excluding hydrogens is 426 g/mol. The first kappa shape index (κ1) is 16.8. The van der Waals surface area contributed by atoms with E-state index < -0.39 is 10.0 Å². The van der Waals surface area contributed by atoms with E-state index in [1.807, 2.05) is 17.8 Å². The van der Waals surface area contributed by atoms with Crippen molar-refractivity contribution in [3.63, 3.8) is 0 Å². The van der Waals surface area contributed by atoms with Crippen LogP contribution in [0.1, 0.15) is 25.7 Å². The molecule has 0 aromatic heterocycles. The van der Waals surface area contributed by atoms with Crippen LogP contribution in [0.25, 0.3) is 0 Å². The summed E-state index contributed by atoms with van der Waals surface area (Å²) < 4.78 is 29.1. The number of hydrogen-bond acceptors (Lipinski definition) is 3. The fourth-order valence-electron chi connectivity index (χ4n) is 2.38. The molecule has 1 N–H and O–H groups in total. The monoisotopic (exact) mass is 441 g/mol.